The Kier molecular flexibility index (Phi) is 5.23. The average Bonchev–Trinajstić information content (AvgIpc) is 3.05. The van der Waals surface area contributed by atoms with Gasteiger partial charge in [0.2, 0.25) is 0 Å². The average molecular weight is 384 g/mol. The van der Waals surface area contributed by atoms with Gasteiger partial charge in [0, 0.05) is 24.1 Å². The smallest absolute Gasteiger partial charge is 0.338 e. The number of ether oxygens (including phenoxy) is 1. The predicted molar refractivity (Wildman–Crippen MR) is 105 cm³/mol. The first-order valence-corrected chi connectivity index (χ1v) is 9.33. The monoisotopic (exact) mass is 384 g/mol. The molecule has 1 aliphatic heterocycles. The zero-order valence-electron chi connectivity index (χ0n) is 15.6. The van der Waals surface area contributed by atoms with E-state index in [0.717, 1.165) is 39.3 Å². The maximum absolute atomic E-state index is 12.1. The summed E-state index contributed by atoms with van der Waals surface area (Å²) in [6.07, 6.45) is 1.75. The molecule has 1 aromatic heterocycles. The minimum absolute atomic E-state index is 0.269. The van der Waals surface area contributed by atoms with Crippen LogP contribution >= 0.6 is 11.8 Å². The van der Waals surface area contributed by atoms with Crippen molar-refractivity contribution < 1.29 is 19.1 Å². The van der Waals surface area contributed by atoms with E-state index in [0.29, 0.717) is 17.1 Å². The van der Waals surface area contributed by atoms with Crippen LogP contribution in [0.2, 0.25) is 0 Å². The van der Waals surface area contributed by atoms with Crippen molar-refractivity contribution in [3.8, 4) is 5.69 Å². The third-order valence-corrected chi connectivity index (χ3v) is 5.34. The largest absolute Gasteiger partial charge is 0.462 e. The molecule has 7 heteroatoms. The second-order valence-electron chi connectivity index (χ2n) is 6.17. The molecule has 1 saturated heterocycles. The molecule has 0 bridgehead atoms. The molecule has 3 rings (SSSR count). The molecule has 0 N–H and O–H groups in total. The molecule has 0 spiro atoms. The van der Waals surface area contributed by atoms with Gasteiger partial charge in [-0.2, -0.15) is 0 Å². The number of esters is 1. The van der Waals surface area contributed by atoms with Gasteiger partial charge in [-0.3, -0.25) is 14.5 Å². The number of hydrogen-bond donors (Lipinski definition) is 0. The molecule has 0 aliphatic carbocycles. The van der Waals surface area contributed by atoms with E-state index in [2.05, 4.69) is 0 Å². The van der Waals surface area contributed by atoms with E-state index in [1.54, 1.807) is 25.1 Å². The fourth-order valence-electron chi connectivity index (χ4n) is 2.98. The van der Waals surface area contributed by atoms with Gasteiger partial charge in [-0.1, -0.05) is 0 Å². The van der Waals surface area contributed by atoms with Crippen LogP contribution in [0.3, 0.4) is 0 Å². The predicted octanol–water partition coefficient (Wildman–Crippen LogP) is 3.94. The molecule has 27 heavy (non-hydrogen) atoms. The van der Waals surface area contributed by atoms with Crippen molar-refractivity contribution in [3.05, 3.63) is 57.8 Å². The molecule has 1 fully saturated rings. The molecule has 1 aliphatic rings. The Morgan fingerprint density at radius 2 is 1.85 bits per heavy atom. The van der Waals surface area contributed by atoms with Crippen LogP contribution in [0.4, 0.5) is 4.79 Å². The summed E-state index contributed by atoms with van der Waals surface area (Å²) in [6, 6.07) is 9.15. The molecular formula is C20H20N2O4S. The normalized spacial score (nSPS) is 15.7. The fraction of sp³-hybridized carbons (Fsp3) is 0.250. The molecule has 1 aromatic carbocycles. The lowest BCUT2D eigenvalue weighted by atomic mass is 10.2. The first kappa shape index (κ1) is 19.0. The van der Waals surface area contributed by atoms with Crippen LogP contribution in [0.5, 0.6) is 0 Å². The maximum atomic E-state index is 12.1. The van der Waals surface area contributed by atoms with Crippen molar-refractivity contribution in [3.63, 3.8) is 0 Å². The van der Waals surface area contributed by atoms with Gasteiger partial charge in [0.15, 0.2) is 0 Å². The first-order chi connectivity index (χ1) is 12.8. The second-order valence-corrected chi connectivity index (χ2v) is 7.16. The summed E-state index contributed by atoms with van der Waals surface area (Å²) in [5.41, 5.74) is 4.21. The van der Waals surface area contributed by atoms with E-state index in [9.17, 15) is 14.4 Å². The first-order valence-electron chi connectivity index (χ1n) is 8.51. The minimum atomic E-state index is -0.346. The number of carbonyl (C=O) groups is 3. The lowest BCUT2D eigenvalue weighted by Crippen LogP contribution is -2.22. The molecule has 2 aromatic rings. The standard InChI is InChI=1S/C20H20N2O4S/c1-5-26-19(24)14-6-8-16(9-7-14)22-12(2)10-15(13(22)3)11-17-18(23)21(4)20(25)27-17/h6-11H,5H2,1-4H3/b17-11+. The number of imide groups is 1. The van der Waals surface area contributed by atoms with E-state index >= 15 is 0 Å². The number of rotatable bonds is 4. The van der Waals surface area contributed by atoms with Crippen molar-refractivity contribution in [2.75, 3.05) is 13.7 Å². The molecule has 6 nitrogen and oxygen atoms in total. The SMILES string of the molecule is CCOC(=O)c1ccc(-n2c(C)cc(/C=C3/SC(=O)N(C)C3=O)c2C)cc1. The highest BCUT2D eigenvalue weighted by atomic mass is 32.2. The van der Waals surface area contributed by atoms with Crippen LogP contribution in [-0.2, 0) is 9.53 Å². The quantitative estimate of drug-likeness (QED) is 0.590. The topological polar surface area (TPSA) is 68.6 Å². The van der Waals surface area contributed by atoms with Crippen LogP contribution in [0.1, 0.15) is 34.2 Å². The summed E-state index contributed by atoms with van der Waals surface area (Å²) in [4.78, 5) is 37.1. The molecule has 2 heterocycles. The van der Waals surface area contributed by atoms with Crippen LogP contribution in [0.25, 0.3) is 11.8 Å². The maximum Gasteiger partial charge on any atom is 0.338 e. The van der Waals surface area contributed by atoms with E-state index in [1.807, 2.05) is 36.6 Å². The van der Waals surface area contributed by atoms with E-state index in [1.165, 1.54) is 7.05 Å². The molecule has 0 unspecified atom stereocenters. The summed E-state index contributed by atoms with van der Waals surface area (Å²) in [7, 11) is 1.48. The molecule has 2 amide bonds. The number of aromatic nitrogens is 1. The Morgan fingerprint density at radius 3 is 2.41 bits per heavy atom. The number of aryl methyl sites for hydroxylation is 1. The van der Waals surface area contributed by atoms with Crippen LogP contribution in [-0.4, -0.2) is 40.2 Å². The number of nitrogens with zero attached hydrogens (tertiary/aromatic N) is 2. The third kappa shape index (κ3) is 3.55. The lowest BCUT2D eigenvalue weighted by Gasteiger charge is -2.10. The number of amides is 2. The van der Waals surface area contributed by atoms with Gasteiger partial charge in [-0.25, -0.2) is 4.79 Å². The number of likely N-dealkylation sites (N-methyl/N-ethyl adjacent to an activating group) is 1. The van der Waals surface area contributed by atoms with Crippen molar-refractivity contribution in [1.29, 1.82) is 0 Å². The van der Waals surface area contributed by atoms with Crippen LogP contribution < -0.4 is 0 Å². The Bertz CT molecular complexity index is 957. The summed E-state index contributed by atoms with van der Waals surface area (Å²) in [5.74, 6) is -0.630. The fourth-order valence-corrected chi connectivity index (χ4v) is 3.80. The highest BCUT2D eigenvalue weighted by Crippen LogP contribution is 2.32. The van der Waals surface area contributed by atoms with Crippen molar-refractivity contribution in [2.24, 2.45) is 0 Å². The van der Waals surface area contributed by atoms with Gasteiger partial charge in [0.05, 0.1) is 17.1 Å². The number of hydrogen-bond acceptors (Lipinski definition) is 5. The van der Waals surface area contributed by atoms with Crippen LogP contribution in [0, 0.1) is 13.8 Å². The zero-order chi connectivity index (χ0) is 19.7. The van der Waals surface area contributed by atoms with Crippen molar-refractivity contribution in [1.82, 2.24) is 9.47 Å². The molecule has 140 valence electrons. The molecule has 0 atom stereocenters. The van der Waals surface area contributed by atoms with Gasteiger partial charge >= 0.3 is 5.97 Å². The summed E-state index contributed by atoms with van der Waals surface area (Å²) < 4.78 is 7.05. The van der Waals surface area contributed by atoms with E-state index < -0.39 is 0 Å². The minimum Gasteiger partial charge on any atom is -0.462 e. The highest BCUT2D eigenvalue weighted by molar-refractivity contribution is 8.18. The summed E-state index contributed by atoms with van der Waals surface area (Å²) >= 11 is 0.944. The van der Waals surface area contributed by atoms with Crippen molar-refractivity contribution >= 4 is 35.0 Å². The summed E-state index contributed by atoms with van der Waals surface area (Å²) in [6.45, 7) is 6.03. The van der Waals surface area contributed by atoms with Gasteiger partial charge < -0.3 is 9.30 Å². The summed E-state index contributed by atoms with van der Waals surface area (Å²) in [5, 5.41) is -0.269. The third-order valence-electron chi connectivity index (χ3n) is 4.38. The number of benzene rings is 1. The Morgan fingerprint density at radius 1 is 1.19 bits per heavy atom. The lowest BCUT2D eigenvalue weighted by molar-refractivity contribution is -0.121. The number of thioether (sulfide) groups is 1. The van der Waals surface area contributed by atoms with Gasteiger partial charge in [-0.05, 0) is 74.5 Å². The highest BCUT2D eigenvalue weighted by Gasteiger charge is 2.32. The second kappa shape index (κ2) is 7.44. The van der Waals surface area contributed by atoms with E-state index in [4.69, 9.17) is 4.74 Å². The van der Waals surface area contributed by atoms with Gasteiger partial charge in [0.1, 0.15) is 0 Å². The van der Waals surface area contributed by atoms with Crippen molar-refractivity contribution in [2.45, 2.75) is 20.8 Å². The Balaban J connectivity index is 1.94. The zero-order valence-corrected chi connectivity index (χ0v) is 16.4. The van der Waals surface area contributed by atoms with Crippen LogP contribution in [0.15, 0.2) is 35.2 Å². The molecule has 0 saturated carbocycles. The van der Waals surface area contributed by atoms with Gasteiger partial charge in [-0.15, -0.1) is 0 Å². The molecule has 0 radical (unpaired) electrons. The van der Waals surface area contributed by atoms with E-state index in [-0.39, 0.29) is 17.1 Å². The molecular weight excluding hydrogens is 364 g/mol. The van der Waals surface area contributed by atoms with Gasteiger partial charge in [0.25, 0.3) is 11.1 Å². The Hall–Kier alpha value is -2.80. The number of carbonyl (C=O) groups excluding carboxylic acids is 3. The Labute approximate surface area is 161 Å².